The Kier molecular flexibility index (Phi) is 6.62. The van der Waals surface area contributed by atoms with Gasteiger partial charge in [-0.3, -0.25) is 14.3 Å². The Morgan fingerprint density at radius 2 is 1.82 bits per heavy atom. The van der Waals surface area contributed by atoms with E-state index in [1.54, 1.807) is 35.3 Å². The van der Waals surface area contributed by atoms with E-state index in [1.165, 1.54) is 10.6 Å². The Hall–Kier alpha value is -4.14. The predicted molar refractivity (Wildman–Crippen MR) is 128 cm³/mol. The van der Waals surface area contributed by atoms with Crippen LogP contribution in [0.2, 0.25) is 0 Å². The Balaban J connectivity index is 1.33. The smallest absolute Gasteiger partial charge is 0.274 e. The normalized spacial score (nSPS) is 11.1. The number of aryl methyl sites for hydroxylation is 2. The highest BCUT2D eigenvalue weighted by molar-refractivity contribution is 5.91. The zero-order chi connectivity index (χ0) is 24.2. The molecule has 0 aliphatic heterocycles. The molecule has 0 bridgehead atoms. The zero-order valence-corrected chi connectivity index (χ0v) is 19.6. The topological polar surface area (TPSA) is 99.7 Å². The SMILES string of the molecule is Cc1ccc(C)c(OCC(=O)Nc2ccc(OCc3cc(=O)n4c(ncn4C(C)C)n3)cc2)c1. The summed E-state index contributed by atoms with van der Waals surface area (Å²) in [5.74, 6) is 1.36. The van der Waals surface area contributed by atoms with Crippen molar-refractivity contribution in [1.29, 1.82) is 0 Å². The maximum absolute atomic E-state index is 12.5. The summed E-state index contributed by atoms with van der Waals surface area (Å²) in [4.78, 5) is 33.3. The summed E-state index contributed by atoms with van der Waals surface area (Å²) < 4.78 is 14.6. The molecule has 9 nitrogen and oxygen atoms in total. The molecule has 0 unspecified atom stereocenters. The van der Waals surface area contributed by atoms with Crippen molar-refractivity contribution in [3.8, 4) is 11.5 Å². The summed E-state index contributed by atoms with van der Waals surface area (Å²) in [7, 11) is 0. The van der Waals surface area contributed by atoms with Crippen LogP contribution in [0.5, 0.6) is 11.5 Å². The number of aromatic nitrogens is 4. The van der Waals surface area contributed by atoms with Gasteiger partial charge in [0.15, 0.2) is 6.61 Å². The first kappa shape index (κ1) is 23.0. The lowest BCUT2D eigenvalue weighted by molar-refractivity contribution is -0.118. The summed E-state index contributed by atoms with van der Waals surface area (Å²) in [5.41, 5.74) is 2.95. The molecule has 34 heavy (non-hydrogen) atoms. The molecule has 0 aliphatic carbocycles. The van der Waals surface area contributed by atoms with E-state index in [1.807, 2.05) is 45.9 Å². The molecule has 2 aromatic heterocycles. The van der Waals surface area contributed by atoms with Crippen molar-refractivity contribution in [1.82, 2.24) is 19.2 Å². The summed E-state index contributed by atoms with van der Waals surface area (Å²) in [5, 5.41) is 2.80. The molecule has 176 valence electrons. The number of ether oxygens (including phenoxy) is 2. The third-order valence-electron chi connectivity index (χ3n) is 5.21. The van der Waals surface area contributed by atoms with Gasteiger partial charge in [0, 0.05) is 17.8 Å². The van der Waals surface area contributed by atoms with E-state index >= 15 is 0 Å². The predicted octanol–water partition coefficient (Wildman–Crippen LogP) is 3.69. The molecule has 0 fully saturated rings. The standard InChI is InChI=1S/C25H27N5O4/c1-16(2)29-15-26-25-28-20(12-24(32)30(25)29)13-33-21-9-7-19(8-10-21)27-23(31)14-34-22-11-17(3)5-6-18(22)4/h5-12,15-16H,13-14H2,1-4H3,(H,27,31). The van der Waals surface area contributed by atoms with Crippen LogP contribution < -0.4 is 20.3 Å². The van der Waals surface area contributed by atoms with Gasteiger partial charge in [-0.05, 0) is 69.2 Å². The van der Waals surface area contributed by atoms with Crippen LogP contribution in [-0.2, 0) is 11.4 Å². The van der Waals surface area contributed by atoms with Crippen LogP contribution in [0.15, 0.2) is 59.7 Å². The van der Waals surface area contributed by atoms with Crippen LogP contribution in [0.25, 0.3) is 5.78 Å². The third kappa shape index (κ3) is 5.25. The number of nitrogens with zero attached hydrogens (tertiary/aromatic N) is 4. The fourth-order valence-electron chi connectivity index (χ4n) is 3.41. The van der Waals surface area contributed by atoms with Gasteiger partial charge in [0.25, 0.3) is 17.2 Å². The molecule has 0 saturated heterocycles. The van der Waals surface area contributed by atoms with E-state index in [0.717, 1.165) is 11.1 Å². The van der Waals surface area contributed by atoms with E-state index in [-0.39, 0.29) is 30.7 Å². The molecule has 4 rings (SSSR count). The fraction of sp³-hybridized carbons (Fsp3) is 0.280. The van der Waals surface area contributed by atoms with Gasteiger partial charge < -0.3 is 14.8 Å². The number of nitrogens with one attached hydrogen (secondary N) is 1. The number of amides is 1. The van der Waals surface area contributed by atoms with E-state index in [9.17, 15) is 9.59 Å². The van der Waals surface area contributed by atoms with Crippen molar-refractivity contribution in [3.05, 3.63) is 82.0 Å². The molecule has 1 N–H and O–H groups in total. The van der Waals surface area contributed by atoms with Crippen molar-refractivity contribution >= 4 is 17.4 Å². The highest BCUT2D eigenvalue weighted by atomic mass is 16.5. The van der Waals surface area contributed by atoms with Crippen LogP contribution in [0.3, 0.4) is 0 Å². The van der Waals surface area contributed by atoms with Gasteiger partial charge in [-0.1, -0.05) is 12.1 Å². The quantitative estimate of drug-likeness (QED) is 0.430. The van der Waals surface area contributed by atoms with Gasteiger partial charge in [0.2, 0.25) is 0 Å². The minimum absolute atomic E-state index is 0.0845. The lowest BCUT2D eigenvalue weighted by Crippen LogP contribution is -2.23. The van der Waals surface area contributed by atoms with Crippen LogP contribution in [0.4, 0.5) is 5.69 Å². The maximum atomic E-state index is 12.5. The first-order valence-electron chi connectivity index (χ1n) is 11.0. The van der Waals surface area contributed by atoms with E-state index in [2.05, 4.69) is 15.3 Å². The van der Waals surface area contributed by atoms with E-state index in [4.69, 9.17) is 9.47 Å². The van der Waals surface area contributed by atoms with Gasteiger partial charge in [-0.2, -0.15) is 9.50 Å². The first-order valence-corrected chi connectivity index (χ1v) is 11.0. The highest BCUT2D eigenvalue weighted by Crippen LogP contribution is 2.20. The van der Waals surface area contributed by atoms with Gasteiger partial charge >= 0.3 is 0 Å². The summed E-state index contributed by atoms with van der Waals surface area (Å²) in [6.07, 6.45) is 1.60. The van der Waals surface area contributed by atoms with Gasteiger partial charge in [0.05, 0.1) is 5.69 Å². The molecule has 9 heteroatoms. The number of anilines is 1. The van der Waals surface area contributed by atoms with Crippen molar-refractivity contribution in [2.75, 3.05) is 11.9 Å². The average molecular weight is 462 g/mol. The molecular weight excluding hydrogens is 434 g/mol. The molecule has 0 spiro atoms. The zero-order valence-electron chi connectivity index (χ0n) is 19.6. The monoisotopic (exact) mass is 461 g/mol. The highest BCUT2D eigenvalue weighted by Gasteiger charge is 2.11. The van der Waals surface area contributed by atoms with Crippen LogP contribution in [0, 0.1) is 13.8 Å². The number of rotatable bonds is 8. The summed E-state index contributed by atoms with van der Waals surface area (Å²) >= 11 is 0. The van der Waals surface area contributed by atoms with E-state index in [0.29, 0.717) is 28.7 Å². The van der Waals surface area contributed by atoms with Gasteiger partial charge in [0.1, 0.15) is 24.4 Å². The van der Waals surface area contributed by atoms with Crippen molar-refractivity contribution in [2.45, 2.75) is 40.3 Å². The average Bonchev–Trinajstić information content (AvgIpc) is 3.24. The second-order valence-corrected chi connectivity index (χ2v) is 8.33. The van der Waals surface area contributed by atoms with Crippen molar-refractivity contribution in [2.24, 2.45) is 0 Å². The third-order valence-corrected chi connectivity index (χ3v) is 5.21. The number of carbonyl (C=O) groups is 1. The molecule has 2 aromatic carbocycles. The minimum atomic E-state index is -0.256. The van der Waals surface area contributed by atoms with Crippen LogP contribution in [0.1, 0.15) is 36.7 Å². The molecule has 0 aliphatic rings. The molecular formula is C25H27N5O4. The lowest BCUT2D eigenvalue weighted by atomic mass is 10.1. The second-order valence-electron chi connectivity index (χ2n) is 8.33. The number of carbonyl (C=O) groups excluding carboxylic acids is 1. The molecule has 0 radical (unpaired) electrons. The molecule has 0 atom stereocenters. The fourth-order valence-corrected chi connectivity index (χ4v) is 3.41. The Morgan fingerprint density at radius 1 is 1.06 bits per heavy atom. The molecule has 2 heterocycles. The number of fused-ring (bicyclic) bond motifs is 1. The van der Waals surface area contributed by atoms with Gasteiger partial charge in [-0.25, -0.2) is 4.98 Å². The van der Waals surface area contributed by atoms with Crippen molar-refractivity contribution < 1.29 is 14.3 Å². The summed E-state index contributed by atoms with van der Waals surface area (Å²) in [6.45, 7) is 7.88. The number of hydrogen-bond acceptors (Lipinski definition) is 6. The largest absolute Gasteiger partial charge is 0.487 e. The second kappa shape index (κ2) is 9.78. The molecule has 1 amide bonds. The summed E-state index contributed by atoms with van der Waals surface area (Å²) in [6, 6.07) is 14.3. The maximum Gasteiger partial charge on any atom is 0.274 e. The van der Waals surface area contributed by atoms with Gasteiger partial charge in [-0.15, -0.1) is 0 Å². The minimum Gasteiger partial charge on any atom is -0.487 e. The first-order chi connectivity index (χ1) is 16.3. The Bertz CT molecular complexity index is 1370. The molecule has 4 aromatic rings. The van der Waals surface area contributed by atoms with E-state index < -0.39 is 0 Å². The van der Waals surface area contributed by atoms with Crippen molar-refractivity contribution in [3.63, 3.8) is 0 Å². The number of hydrogen-bond donors (Lipinski definition) is 1. The lowest BCUT2D eigenvalue weighted by Gasteiger charge is -2.11. The van der Waals surface area contributed by atoms with Crippen LogP contribution >= 0.6 is 0 Å². The molecule has 0 saturated carbocycles. The number of benzene rings is 2. The Labute approximate surface area is 197 Å². The Morgan fingerprint density at radius 3 is 2.56 bits per heavy atom. The van der Waals surface area contributed by atoms with Crippen LogP contribution in [-0.4, -0.2) is 31.7 Å².